The van der Waals surface area contributed by atoms with Crippen LogP contribution < -0.4 is 0 Å². The van der Waals surface area contributed by atoms with E-state index >= 15 is 0 Å². The van der Waals surface area contributed by atoms with Crippen LogP contribution in [0.4, 0.5) is 0 Å². The first-order valence-corrected chi connectivity index (χ1v) is 4.49. The fourth-order valence-corrected chi connectivity index (χ4v) is 1.22. The van der Waals surface area contributed by atoms with E-state index in [2.05, 4.69) is 16.5 Å². The van der Waals surface area contributed by atoms with Gasteiger partial charge in [0.25, 0.3) is 0 Å². The van der Waals surface area contributed by atoms with Gasteiger partial charge in [0.15, 0.2) is 0 Å². The van der Waals surface area contributed by atoms with E-state index in [1.165, 1.54) is 0 Å². The smallest absolute Gasteiger partial charge is 0.142 e. The Morgan fingerprint density at radius 2 is 2.20 bits per heavy atom. The second-order valence-electron chi connectivity index (χ2n) is 2.16. The molecule has 0 bridgehead atoms. The third-order valence-corrected chi connectivity index (χ3v) is 2.00. The van der Waals surface area contributed by atoms with Crippen molar-refractivity contribution < 1.29 is 0 Å². The minimum atomic E-state index is 0.942. The Morgan fingerprint density at radius 3 is 2.60 bits per heavy atom. The van der Waals surface area contributed by atoms with E-state index in [0.717, 1.165) is 17.4 Å². The maximum absolute atomic E-state index is 4.00. The first-order valence-electron chi connectivity index (χ1n) is 3.09. The van der Waals surface area contributed by atoms with Gasteiger partial charge in [-0.1, -0.05) is 0 Å². The standard InChI is InChI=1S/C6H11N3S/c1-5-7-8-6(4-10-3)9(5)2/h4H2,1-3H3. The minimum absolute atomic E-state index is 0.942. The Bertz CT molecular complexity index is 219. The first kappa shape index (κ1) is 7.60. The van der Waals surface area contributed by atoms with Crippen molar-refractivity contribution >= 4 is 11.8 Å². The molecule has 0 aliphatic rings. The van der Waals surface area contributed by atoms with Gasteiger partial charge in [0.1, 0.15) is 11.6 Å². The summed E-state index contributed by atoms with van der Waals surface area (Å²) in [5, 5.41) is 7.93. The van der Waals surface area contributed by atoms with E-state index in [1.807, 2.05) is 18.5 Å². The van der Waals surface area contributed by atoms with Gasteiger partial charge in [0, 0.05) is 7.05 Å². The lowest BCUT2D eigenvalue weighted by atomic mass is 10.6. The van der Waals surface area contributed by atoms with E-state index in [-0.39, 0.29) is 0 Å². The predicted molar refractivity (Wildman–Crippen MR) is 43.0 cm³/mol. The number of aryl methyl sites for hydroxylation is 1. The van der Waals surface area contributed by atoms with Crippen molar-refractivity contribution in [3.63, 3.8) is 0 Å². The van der Waals surface area contributed by atoms with Gasteiger partial charge < -0.3 is 4.57 Å². The molecule has 4 heteroatoms. The van der Waals surface area contributed by atoms with Gasteiger partial charge in [-0.2, -0.15) is 11.8 Å². The van der Waals surface area contributed by atoms with Crippen LogP contribution in [0.2, 0.25) is 0 Å². The lowest BCUT2D eigenvalue weighted by Gasteiger charge is -1.96. The maximum atomic E-state index is 4.00. The highest BCUT2D eigenvalue weighted by Gasteiger charge is 2.01. The van der Waals surface area contributed by atoms with Gasteiger partial charge >= 0.3 is 0 Å². The molecule has 0 amide bonds. The van der Waals surface area contributed by atoms with Crippen LogP contribution in [0.15, 0.2) is 0 Å². The summed E-state index contributed by atoms with van der Waals surface area (Å²) in [5.74, 6) is 2.96. The normalized spacial score (nSPS) is 10.3. The van der Waals surface area contributed by atoms with Gasteiger partial charge in [0.05, 0.1) is 5.75 Å². The molecule has 1 aromatic heterocycles. The monoisotopic (exact) mass is 157 g/mol. The van der Waals surface area contributed by atoms with Gasteiger partial charge in [-0.25, -0.2) is 0 Å². The predicted octanol–water partition coefficient (Wildman–Crippen LogP) is 0.987. The van der Waals surface area contributed by atoms with Crippen molar-refractivity contribution in [2.24, 2.45) is 7.05 Å². The quantitative estimate of drug-likeness (QED) is 0.641. The fourth-order valence-electron chi connectivity index (χ4n) is 0.706. The second kappa shape index (κ2) is 3.05. The third kappa shape index (κ3) is 1.31. The summed E-state index contributed by atoms with van der Waals surface area (Å²) in [7, 11) is 1.99. The van der Waals surface area contributed by atoms with Crippen molar-refractivity contribution in [3.05, 3.63) is 11.6 Å². The number of hydrogen-bond donors (Lipinski definition) is 0. The highest BCUT2D eigenvalue weighted by molar-refractivity contribution is 7.97. The molecule has 0 N–H and O–H groups in total. The molecular weight excluding hydrogens is 146 g/mol. The van der Waals surface area contributed by atoms with Gasteiger partial charge in [-0.05, 0) is 13.2 Å². The van der Waals surface area contributed by atoms with Crippen molar-refractivity contribution in [1.82, 2.24) is 14.8 Å². The van der Waals surface area contributed by atoms with Crippen LogP contribution in [0, 0.1) is 6.92 Å². The van der Waals surface area contributed by atoms with E-state index in [1.54, 1.807) is 11.8 Å². The maximum Gasteiger partial charge on any atom is 0.142 e. The van der Waals surface area contributed by atoms with Crippen molar-refractivity contribution in [2.45, 2.75) is 12.7 Å². The molecule has 1 rings (SSSR count). The number of thioether (sulfide) groups is 1. The molecule has 1 aromatic rings. The molecule has 0 spiro atoms. The van der Waals surface area contributed by atoms with Crippen LogP contribution in [0.1, 0.15) is 11.6 Å². The van der Waals surface area contributed by atoms with Crippen molar-refractivity contribution in [3.8, 4) is 0 Å². The lowest BCUT2D eigenvalue weighted by Crippen LogP contribution is -1.96. The highest BCUT2D eigenvalue weighted by Crippen LogP contribution is 2.05. The van der Waals surface area contributed by atoms with Gasteiger partial charge in [-0.15, -0.1) is 10.2 Å². The van der Waals surface area contributed by atoms with Crippen molar-refractivity contribution in [2.75, 3.05) is 6.26 Å². The van der Waals surface area contributed by atoms with E-state index in [9.17, 15) is 0 Å². The fraction of sp³-hybridized carbons (Fsp3) is 0.667. The van der Waals surface area contributed by atoms with Crippen LogP contribution in [0.5, 0.6) is 0 Å². The summed E-state index contributed by atoms with van der Waals surface area (Å²) < 4.78 is 2.01. The zero-order valence-electron chi connectivity index (χ0n) is 6.46. The molecule has 3 nitrogen and oxygen atoms in total. The van der Waals surface area contributed by atoms with Crippen LogP contribution in [0.3, 0.4) is 0 Å². The molecular formula is C6H11N3S. The third-order valence-electron chi connectivity index (χ3n) is 1.46. The summed E-state index contributed by atoms with van der Waals surface area (Å²) in [6.45, 7) is 1.96. The highest BCUT2D eigenvalue weighted by atomic mass is 32.2. The van der Waals surface area contributed by atoms with E-state index in [4.69, 9.17) is 0 Å². The van der Waals surface area contributed by atoms with Crippen LogP contribution in [0.25, 0.3) is 0 Å². The Kier molecular flexibility index (Phi) is 2.32. The largest absolute Gasteiger partial charge is 0.318 e. The lowest BCUT2D eigenvalue weighted by molar-refractivity contribution is 0.817. The summed E-state index contributed by atoms with van der Waals surface area (Å²) >= 11 is 1.76. The molecule has 56 valence electrons. The summed E-state index contributed by atoms with van der Waals surface area (Å²) in [6, 6.07) is 0. The zero-order valence-corrected chi connectivity index (χ0v) is 7.27. The average Bonchev–Trinajstić information content (AvgIpc) is 2.20. The SMILES string of the molecule is CSCc1nnc(C)n1C. The molecule has 10 heavy (non-hydrogen) atoms. The second-order valence-corrected chi connectivity index (χ2v) is 3.02. The van der Waals surface area contributed by atoms with E-state index in [0.29, 0.717) is 0 Å². The minimum Gasteiger partial charge on any atom is -0.318 e. The Morgan fingerprint density at radius 1 is 1.50 bits per heavy atom. The van der Waals surface area contributed by atoms with Crippen LogP contribution in [-0.2, 0) is 12.8 Å². The Labute approximate surface area is 64.8 Å². The van der Waals surface area contributed by atoms with E-state index < -0.39 is 0 Å². The molecule has 1 heterocycles. The molecule has 0 saturated heterocycles. The molecule has 0 aromatic carbocycles. The van der Waals surface area contributed by atoms with Gasteiger partial charge in [-0.3, -0.25) is 0 Å². The number of aromatic nitrogens is 3. The molecule has 0 fully saturated rings. The van der Waals surface area contributed by atoms with Crippen LogP contribution >= 0.6 is 11.8 Å². The zero-order chi connectivity index (χ0) is 7.56. The number of nitrogens with zero attached hydrogens (tertiary/aromatic N) is 3. The molecule has 0 atom stereocenters. The molecule has 0 unspecified atom stereocenters. The number of rotatable bonds is 2. The Balaban J connectivity index is 2.83. The number of hydrogen-bond acceptors (Lipinski definition) is 3. The summed E-state index contributed by atoms with van der Waals surface area (Å²) in [5.41, 5.74) is 0. The molecule has 0 aliphatic heterocycles. The average molecular weight is 157 g/mol. The molecule has 0 radical (unpaired) electrons. The summed E-state index contributed by atoms with van der Waals surface area (Å²) in [4.78, 5) is 0. The Hall–Kier alpha value is -0.510. The topological polar surface area (TPSA) is 30.7 Å². The molecule has 0 saturated carbocycles. The van der Waals surface area contributed by atoms with Gasteiger partial charge in [0.2, 0.25) is 0 Å². The molecule has 0 aliphatic carbocycles. The first-order chi connectivity index (χ1) is 4.75. The van der Waals surface area contributed by atoms with Crippen LogP contribution in [-0.4, -0.2) is 21.0 Å². The summed E-state index contributed by atoms with van der Waals surface area (Å²) in [6.07, 6.45) is 2.06. The van der Waals surface area contributed by atoms with Crippen molar-refractivity contribution in [1.29, 1.82) is 0 Å².